The lowest BCUT2D eigenvalue weighted by Crippen LogP contribution is -2.44. The van der Waals surface area contributed by atoms with Crippen molar-refractivity contribution in [2.45, 2.75) is 19.4 Å². The lowest BCUT2D eigenvalue weighted by atomic mass is 9.97. The van der Waals surface area contributed by atoms with Crippen LogP contribution in [-0.2, 0) is 14.8 Å². The van der Waals surface area contributed by atoms with Crippen LogP contribution in [0.4, 0.5) is 0 Å². The standard InChI is InChI=1S/C15H23N3O4S/c1-12-13(6-8-17-23(2,20)21)11-22-10-9-18(12)15(19)14-5-3-4-7-16-14/h3-5,7,12-13,17H,6,8-11H2,1-2H3/t12-,13+/m1/s1. The fraction of sp³-hybridized carbons (Fsp3) is 0.600. The maximum absolute atomic E-state index is 12.6. The van der Waals surface area contributed by atoms with E-state index in [0.29, 0.717) is 38.4 Å². The Morgan fingerprint density at radius 3 is 2.91 bits per heavy atom. The van der Waals surface area contributed by atoms with Crippen LogP contribution >= 0.6 is 0 Å². The van der Waals surface area contributed by atoms with Crippen LogP contribution in [0.15, 0.2) is 24.4 Å². The van der Waals surface area contributed by atoms with Gasteiger partial charge in [-0.15, -0.1) is 0 Å². The molecule has 128 valence electrons. The van der Waals surface area contributed by atoms with Gasteiger partial charge in [-0.05, 0) is 25.5 Å². The molecule has 0 bridgehead atoms. The number of hydrogen-bond donors (Lipinski definition) is 1. The second-order valence-electron chi connectivity index (χ2n) is 5.74. The van der Waals surface area contributed by atoms with Crippen molar-refractivity contribution in [2.75, 3.05) is 32.6 Å². The summed E-state index contributed by atoms with van der Waals surface area (Å²) in [7, 11) is -3.21. The van der Waals surface area contributed by atoms with Crippen molar-refractivity contribution in [1.29, 1.82) is 0 Å². The molecule has 23 heavy (non-hydrogen) atoms. The van der Waals surface area contributed by atoms with Gasteiger partial charge in [-0.1, -0.05) is 6.07 Å². The predicted molar refractivity (Wildman–Crippen MR) is 86.5 cm³/mol. The first-order valence-corrected chi connectivity index (χ1v) is 9.52. The van der Waals surface area contributed by atoms with E-state index in [0.717, 1.165) is 6.26 Å². The molecule has 0 saturated carbocycles. The lowest BCUT2D eigenvalue weighted by Gasteiger charge is -2.31. The molecule has 1 aromatic heterocycles. The normalized spacial score (nSPS) is 22.6. The number of pyridine rings is 1. The molecule has 2 heterocycles. The molecule has 1 saturated heterocycles. The van der Waals surface area contributed by atoms with Crippen LogP contribution in [0, 0.1) is 5.92 Å². The van der Waals surface area contributed by atoms with E-state index in [1.165, 1.54) is 0 Å². The van der Waals surface area contributed by atoms with Gasteiger partial charge in [0, 0.05) is 31.2 Å². The largest absolute Gasteiger partial charge is 0.379 e. The summed E-state index contributed by atoms with van der Waals surface area (Å²) in [6.45, 7) is 3.80. The van der Waals surface area contributed by atoms with Crippen LogP contribution < -0.4 is 4.72 Å². The van der Waals surface area contributed by atoms with E-state index in [9.17, 15) is 13.2 Å². The summed E-state index contributed by atoms with van der Waals surface area (Å²) < 4.78 is 30.4. The van der Waals surface area contributed by atoms with Crippen LogP contribution in [0.5, 0.6) is 0 Å². The average molecular weight is 341 g/mol. The van der Waals surface area contributed by atoms with Crippen LogP contribution in [-0.4, -0.2) is 62.8 Å². The summed E-state index contributed by atoms with van der Waals surface area (Å²) in [5.74, 6) is -0.0518. The number of nitrogens with one attached hydrogen (secondary N) is 1. The molecule has 7 nitrogen and oxygen atoms in total. The van der Waals surface area contributed by atoms with Gasteiger partial charge in [-0.3, -0.25) is 9.78 Å². The quantitative estimate of drug-likeness (QED) is 0.842. The molecule has 1 aromatic rings. The third kappa shape index (κ3) is 5.26. The van der Waals surface area contributed by atoms with Gasteiger partial charge >= 0.3 is 0 Å². The number of aromatic nitrogens is 1. The molecular weight excluding hydrogens is 318 g/mol. The first kappa shape index (κ1) is 17.8. The molecule has 2 atom stereocenters. The van der Waals surface area contributed by atoms with Gasteiger partial charge in [0.25, 0.3) is 5.91 Å². The van der Waals surface area contributed by atoms with E-state index in [4.69, 9.17) is 4.74 Å². The molecule has 0 radical (unpaired) electrons. The topological polar surface area (TPSA) is 88.6 Å². The Kier molecular flexibility index (Phi) is 6.09. The van der Waals surface area contributed by atoms with Gasteiger partial charge in [0.05, 0.1) is 19.5 Å². The maximum atomic E-state index is 12.6. The molecule has 0 aromatic carbocycles. The van der Waals surface area contributed by atoms with Crippen LogP contribution in [0.25, 0.3) is 0 Å². The Balaban J connectivity index is 2.04. The number of carbonyl (C=O) groups excluding carboxylic acids is 1. The number of amides is 1. The van der Waals surface area contributed by atoms with Crippen molar-refractivity contribution < 1.29 is 17.9 Å². The number of hydrogen-bond acceptors (Lipinski definition) is 5. The van der Waals surface area contributed by atoms with Gasteiger partial charge in [-0.25, -0.2) is 13.1 Å². The van der Waals surface area contributed by atoms with Gasteiger partial charge in [0.1, 0.15) is 5.69 Å². The van der Waals surface area contributed by atoms with E-state index in [-0.39, 0.29) is 17.9 Å². The zero-order valence-electron chi connectivity index (χ0n) is 13.4. The number of ether oxygens (including phenoxy) is 1. The summed E-state index contributed by atoms with van der Waals surface area (Å²) >= 11 is 0. The third-order valence-electron chi connectivity index (χ3n) is 4.01. The fourth-order valence-corrected chi connectivity index (χ4v) is 3.16. The Morgan fingerprint density at radius 2 is 2.26 bits per heavy atom. The number of sulfonamides is 1. The van der Waals surface area contributed by atoms with E-state index >= 15 is 0 Å². The molecule has 0 aliphatic carbocycles. The Labute approximate surface area is 137 Å². The molecule has 1 amide bonds. The third-order valence-corrected chi connectivity index (χ3v) is 4.74. The number of nitrogens with zero attached hydrogens (tertiary/aromatic N) is 2. The Hall–Kier alpha value is -1.51. The summed E-state index contributed by atoms with van der Waals surface area (Å²) in [4.78, 5) is 18.5. The smallest absolute Gasteiger partial charge is 0.272 e. The number of carbonyl (C=O) groups is 1. The zero-order valence-corrected chi connectivity index (χ0v) is 14.3. The highest BCUT2D eigenvalue weighted by molar-refractivity contribution is 7.88. The predicted octanol–water partition coefficient (Wildman–Crippen LogP) is 0.498. The summed E-state index contributed by atoms with van der Waals surface area (Å²) in [6, 6.07) is 5.20. The van der Waals surface area contributed by atoms with Crippen molar-refractivity contribution in [3.05, 3.63) is 30.1 Å². The molecule has 1 N–H and O–H groups in total. The second-order valence-corrected chi connectivity index (χ2v) is 7.58. The summed E-state index contributed by atoms with van der Waals surface area (Å²) in [5, 5.41) is 0. The summed E-state index contributed by atoms with van der Waals surface area (Å²) in [5.41, 5.74) is 0.411. The van der Waals surface area contributed by atoms with Crippen molar-refractivity contribution in [3.8, 4) is 0 Å². The molecule has 1 aliphatic heterocycles. The Bertz CT molecular complexity index is 621. The minimum atomic E-state index is -3.21. The molecule has 0 spiro atoms. The van der Waals surface area contributed by atoms with Gasteiger partial charge in [0.15, 0.2) is 0 Å². The van der Waals surface area contributed by atoms with Crippen molar-refractivity contribution >= 4 is 15.9 Å². The minimum absolute atomic E-state index is 0.0478. The van der Waals surface area contributed by atoms with Crippen molar-refractivity contribution in [3.63, 3.8) is 0 Å². The van der Waals surface area contributed by atoms with Crippen LogP contribution in [0.3, 0.4) is 0 Å². The molecular formula is C15H23N3O4S. The zero-order chi connectivity index (χ0) is 16.9. The van der Waals surface area contributed by atoms with E-state index in [1.54, 1.807) is 29.3 Å². The lowest BCUT2D eigenvalue weighted by molar-refractivity contribution is 0.0652. The molecule has 8 heteroatoms. The highest BCUT2D eigenvalue weighted by Gasteiger charge is 2.30. The van der Waals surface area contributed by atoms with Crippen LogP contribution in [0.2, 0.25) is 0 Å². The summed E-state index contributed by atoms with van der Waals surface area (Å²) in [6.07, 6.45) is 3.34. The fourth-order valence-electron chi connectivity index (χ4n) is 2.67. The number of rotatable bonds is 5. The molecule has 1 aliphatic rings. The molecule has 1 fully saturated rings. The maximum Gasteiger partial charge on any atom is 0.272 e. The van der Waals surface area contributed by atoms with E-state index in [2.05, 4.69) is 9.71 Å². The van der Waals surface area contributed by atoms with E-state index in [1.807, 2.05) is 6.92 Å². The highest BCUT2D eigenvalue weighted by Crippen LogP contribution is 2.20. The molecule has 0 unspecified atom stereocenters. The minimum Gasteiger partial charge on any atom is -0.379 e. The monoisotopic (exact) mass is 341 g/mol. The van der Waals surface area contributed by atoms with E-state index < -0.39 is 10.0 Å². The Morgan fingerprint density at radius 1 is 1.48 bits per heavy atom. The van der Waals surface area contributed by atoms with Gasteiger partial charge in [-0.2, -0.15) is 0 Å². The first-order valence-electron chi connectivity index (χ1n) is 7.63. The van der Waals surface area contributed by atoms with Gasteiger partial charge in [0.2, 0.25) is 10.0 Å². The molecule has 2 rings (SSSR count). The van der Waals surface area contributed by atoms with Crippen molar-refractivity contribution in [1.82, 2.24) is 14.6 Å². The first-order chi connectivity index (χ1) is 10.9. The second kappa shape index (κ2) is 7.85. The average Bonchev–Trinajstić information content (AvgIpc) is 2.69. The highest BCUT2D eigenvalue weighted by atomic mass is 32.2. The van der Waals surface area contributed by atoms with Crippen molar-refractivity contribution in [2.24, 2.45) is 5.92 Å². The van der Waals surface area contributed by atoms with Gasteiger partial charge < -0.3 is 9.64 Å². The SMILES string of the molecule is C[C@@H]1[C@@H](CCNS(C)(=O)=O)COCCN1C(=O)c1ccccn1. The van der Waals surface area contributed by atoms with Crippen LogP contribution in [0.1, 0.15) is 23.8 Å².